The Morgan fingerprint density at radius 3 is 2.35 bits per heavy atom. The van der Waals surface area contributed by atoms with Gasteiger partial charge in [-0.1, -0.05) is 132 Å². The number of rotatable bonds is 33. The van der Waals surface area contributed by atoms with Crippen LogP contribution in [0.25, 0.3) is 0 Å². The minimum absolute atomic E-state index is 0.00491. The summed E-state index contributed by atoms with van der Waals surface area (Å²) < 4.78 is 38.5. The minimum atomic E-state index is -1.46. The highest BCUT2D eigenvalue weighted by Gasteiger charge is 2.65. The van der Waals surface area contributed by atoms with Gasteiger partial charge in [0.1, 0.15) is 24.1 Å². The molecular weight excluding hydrogens is 915 g/mol. The molecule has 0 bridgehead atoms. The topological polar surface area (TPSA) is 167 Å². The summed E-state index contributed by atoms with van der Waals surface area (Å²) in [5, 5.41) is 28.0. The Morgan fingerprint density at radius 1 is 0.889 bits per heavy atom. The molecule has 2 aromatic carbocycles. The molecule has 0 spiro atoms. The van der Waals surface area contributed by atoms with Crippen LogP contribution in [-0.4, -0.2) is 104 Å². The van der Waals surface area contributed by atoms with Crippen LogP contribution in [0, 0.1) is 17.8 Å². The van der Waals surface area contributed by atoms with E-state index in [1.807, 2.05) is 49.4 Å². The van der Waals surface area contributed by atoms with Crippen LogP contribution in [0.4, 0.5) is 9.59 Å². The largest absolute Gasteiger partial charge is 0.459 e. The second-order valence-corrected chi connectivity index (χ2v) is 20.0. The Morgan fingerprint density at radius 2 is 1.64 bits per heavy atom. The van der Waals surface area contributed by atoms with E-state index in [-0.39, 0.29) is 57.2 Å². The number of nitrogens with one attached hydrogen (secondary N) is 1. The number of unbranched alkanes of at least 4 members (excludes halogenated alkanes) is 11. The van der Waals surface area contributed by atoms with Crippen molar-refractivity contribution >= 4 is 17.9 Å². The molecule has 4 aliphatic rings. The molecule has 2 amide bonds. The maximum absolute atomic E-state index is 14.7. The number of aliphatic hydroxyl groups is 2. The van der Waals surface area contributed by atoms with Crippen molar-refractivity contribution in [3.8, 4) is 11.5 Å². The number of oxime groups is 1. The van der Waals surface area contributed by atoms with Gasteiger partial charge in [0, 0.05) is 50.6 Å². The lowest BCUT2D eigenvalue weighted by atomic mass is 9.55. The summed E-state index contributed by atoms with van der Waals surface area (Å²) >= 11 is 0. The minimum Gasteiger partial charge on any atom is -0.459 e. The third-order valence-electron chi connectivity index (χ3n) is 14.7. The summed E-state index contributed by atoms with van der Waals surface area (Å²) in [6.07, 6.45) is 22.5. The molecule has 14 nitrogen and oxygen atoms in total. The van der Waals surface area contributed by atoms with Crippen LogP contribution in [0.15, 0.2) is 78.0 Å². The van der Waals surface area contributed by atoms with E-state index in [0.717, 1.165) is 74.5 Å². The summed E-state index contributed by atoms with van der Waals surface area (Å²) in [6.45, 7) is 10.7. The average Bonchev–Trinajstić information content (AvgIpc) is 3.40. The third kappa shape index (κ3) is 16.3. The van der Waals surface area contributed by atoms with Crippen molar-refractivity contribution in [2.45, 2.75) is 179 Å². The molecule has 72 heavy (non-hydrogen) atoms. The van der Waals surface area contributed by atoms with E-state index in [1.165, 1.54) is 44.9 Å². The van der Waals surface area contributed by atoms with E-state index >= 15 is 0 Å². The number of hydrogen-bond acceptors (Lipinski definition) is 12. The predicted octanol–water partition coefficient (Wildman–Crippen LogP) is 11.9. The van der Waals surface area contributed by atoms with Crippen LogP contribution in [0.5, 0.6) is 11.5 Å². The van der Waals surface area contributed by atoms with Crippen LogP contribution in [0.3, 0.4) is 0 Å². The molecule has 1 saturated carbocycles. The number of fused-ring (bicyclic) bond motifs is 2. The SMILES string of the molecule is C=CCO[C@@]12Oc3ccc(OC(=O)NCCCCCCCCCCCC)cc3[C@H]3[C@H](CCCCO)[C@@H](CCCCO)C=C(C(=NOC4CCCCO4)C[C@@H]1N(CCC)C(=O)OCCOCc1ccccc1)[C@H]32. The second-order valence-electron chi connectivity index (χ2n) is 20.0. The number of aliphatic hydroxyl groups excluding tert-OH is 2. The fraction of sp³-hybridized carbons (Fsp3) is 0.672. The van der Waals surface area contributed by atoms with Crippen molar-refractivity contribution in [1.82, 2.24) is 10.2 Å². The fourth-order valence-electron chi connectivity index (χ4n) is 11.2. The molecule has 2 aromatic rings. The van der Waals surface area contributed by atoms with Crippen molar-refractivity contribution in [2.24, 2.45) is 22.9 Å². The van der Waals surface area contributed by atoms with Crippen LogP contribution >= 0.6 is 0 Å². The van der Waals surface area contributed by atoms with Gasteiger partial charge in [-0.2, -0.15) is 0 Å². The summed E-state index contributed by atoms with van der Waals surface area (Å²) in [5.41, 5.74) is 3.48. The van der Waals surface area contributed by atoms with E-state index in [2.05, 4.69) is 24.9 Å². The first-order chi connectivity index (χ1) is 35.4. The lowest BCUT2D eigenvalue weighted by molar-refractivity contribution is -0.255. The molecule has 2 aliphatic heterocycles. The number of ether oxygens (including phenoxy) is 6. The van der Waals surface area contributed by atoms with Crippen molar-refractivity contribution in [3.05, 3.63) is 84.0 Å². The molecule has 0 radical (unpaired) electrons. The van der Waals surface area contributed by atoms with Gasteiger partial charge in [-0.3, -0.25) is 4.90 Å². The van der Waals surface area contributed by atoms with Gasteiger partial charge in [0.05, 0.1) is 38.1 Å². The second kappa shape index (κ2) is 31.3. The summed E-state index contributed by atoms with van der Waals surface area (Å²) in [7, 11) is 0. The van der Waals surface area contributed by atoms with Crippen molar-refractivity contribution in [2.75, 3.05) is 52.7 Å². The highest BCUT2D eigenvalue weighted by atomic mass is 16.8. The number of nitrogens with zero attached hydrogens (tertiary/aromatic N) is 2. The van der Waals surface area contributed by atoms with Gasteiger partial charge in [0.25, 0.3) is 0 Å². The molecule has 2 fully saturated rings. The number of amides is 2. The zero-order valence-corrected chi connectivity index (χ0v) is 43.6. The summed E-state index contributed by atoms with van der Waals surface area (Å²) in [4.78, 5) is 36.1. The van der Waals surface area contributed by atoms with Gasteiger partial charge in [-0.15, -0.1) is 6.58 Å². The van der Waals surface area contributed by atoms with Gasteiger partial charge in [-0.05, 0) is 92.5 Å². The Bertz CT molecular complexity index is 1970. The van der Waals surface area contributed by atoms with E-state index in [4.69, 9.17) is 38.4 Å². The molecular formula is C58H87N3O11. The smallest absolute Gasteiger partial charge is 0.412 e. The quantitative estimate of drug-likeness (QED) is 0.0354. The van der Waals surface area contributed by atoms with Crippen LogP contribution in [0.1, 0.15) is 166 Å². The molecule has 2 aliphatic carbocycles. The Kier molecular flexibility index (Phi) is 24.7. The normalized spacial score (nSPS) is 23.8. The molecule has 1 saturated heterocycles. The maximum Gasteiger partial charge on any atom is 0.412 e. The van der Waals surface area contributed by atoms with Crippen LogP contribution in [-0.2, 0) is 30.4 Å². The lowest BCUT2D eigenvalue weighted by Crippen LogP contribution is -2.70. The number of carbonyl (C=O) groups is 2. The molecule has 3 N–H and O–H groups in total. The number of carbonyl (C=O) groups excluding carboxylic acids is 2. The van der Waals surface area contributed by atoms with E-state index in [0.29, 0.717) is 69.2 Å². The highest BCUT2D eigenvalue weighted by molar-refractivity contribution is 6.03. The van der Waals surface area contributed by atoms with Crippen molar-refractivity contribution < 1.29 is 53.1 Å². The van der Waals surface area contributed by atoms with Crippen LogP contribution < -0.4 is 14.8 Å². The van der Waals surface area contributed by atoms with Crippen LogP contribution in [0.2, 0.25) is 0 Å². The van der Waals surface area contributed by atoms with Gasteiger partial charge >= 0.3 is 12.2 Å². The average molecular weight is 1000 g/mol. The van der Waals surface area contributed by atoms with Crippen molar-refractivity contribution in [3.63, 3.8) is 0 Å². The lowest BCUT2D eigenvalue weighted by Gasteiger charge is -2.59. The van der Waals surface area contributed by atoms with Gasteiger partial charge in [0.15, 0.2) is 0 Å². The first-order valence-corrected chi connectivity index (χ1v) is 27.7. The number of hydrogen-bond donors (Lipinski definition) is 3. The summed E-state index contributed by atoms with van der Waals surface area (Å²) in [5.74, 6) is -1.30. The predicted molar refractivity (Wildman–Crippen MR) is 280 cm³/mol. The Labute approximate surface area is 430 Å². The third-order valence-corrected chi connectivity index (χ3v) is 14.7. The van der Waals surface area contributed by atoms with E-state index < -0.39 is 36.2 Å². The fourth-order valence-corrected chi connectivity index (χ4v) is 11.2. The molecule has 7 atom stereocenters. The standard InChI is InChI=1S/C58H87N3O11/c1-4-7-8-9-10-11-12-13-14-21-32-59-56(64)70-46-30-31-51-49(41-46)54-47(28-19-23-35-63)45(27-18-22-34-62)40-48-50(60-72-53-29-20-24-37-67-53)42-52(58(71-51,55(48)54)69-36-6-3)61(33-5-2)57(65)68-39-38-66-43-44-25-16-15-17-26-44/h6,15-17,25-26,30-31,40-41,45,47,52-55,62-63H,3-5,7-14,18-24,27-29,32-39,42-43H2,1-2H3,(H,59,64)/t45-,47+,52-,53?,54+,55+,58+/m0/s1. The van der Waals surface area contributed by atoms with E-state index in [1.54, 1.807) is 17.0 Å². The monoisotopic (exact) mass is 1000 g/mol. The number of benzene rings is 2. The molecule has 1 unspecified atom stereocenters. The molecule has 400 valence electrons. The Balaban J connectivity index is 1.35. The Hall–Kier alpha value is -4.47. The number of allylic oxidation sites excluding steroid dienone is 1. The first-order valence-electron chi connectivity index (χ1n) is 27.7. The van der Waals surface area contributed by atoms with Gasteiger partial charge in [-0.25, -0.2) is 9.59 Å². The summed E-state index contributed by atoms with van der Waals surface area (Å²) in [6, 6.07) is 14.7. The van der Waals surface area contributed by atoms with Gasteiger partial charge in [0.2, 0.25) is 12.1 Å². The highest BCUT2D eigenvalue weighted by Crippen LogP contribution is 2.62. The molecule has 14 heteroatoms. The first kappa shape index (κ1) is 56.8. The molecule has 6 rings (SSSR count). The maximum atomic E-state index is 14.7. The van der Waals surface area contributed by atoms with Gasteiger partial charge < -0.3 is 48.8 Å². The zero-order valence-electron chi connectivity index (χ0n) is 43.6. The van der Waals surface area contributed by atoms with Crippen molar-refractivity contribution in [1.29, 1.82) is 0 Å². The zero-order chi connectivity index (χ0) is 50.8. The molecule has 2 heterocycles. The molecule has 0 aromatic heterocycles. The van der Waals surface area contributed by atoms with E-state index in [9.17, 15) is 19.8 Å².